The highest BCUT2D eigenvalue weighted by molar-refractivity contribution is 8.93. The van der Waals surface area contributed by atoms with Crippen LogP contribution >= 0.6 is 28.7 Å². The molecule has 2 aromatic carbocycles. The van der Waals surface area contributed by atoms with Gasteiger partial charge in [0.15, 0.2) is 5.17 Å². The van der Waals surface area contributed by atoms with Gasteiger partial charge in [0.1, 0.15) is 11.5 Å². The van der Waals surface area contributed by atoms with E-state index in [1.807, 2.05) is 0 Å². The van der Waals surface area contributed by atoms with Crippen LogP contribution in [0.4, 0.5) is 5.69 Å². The molecular weight excluding hydrogens is 446 g/mol. The van der Waals surface area contributed by atoms with E-state index >= 15 is 0 Å². The summed E-state index contributed by atoms with van der Waals surface area (Å²) in [7, 11) is -3.89. The fourth-order valence-corrected chi connectivity index (χ4v) is 3.47. The summed E-state index contributed by atoms with van der Waals surface area (Å²) in [5, 5.41) is 17.7. The van der Waals surface area contributed by atoms with Crippen molar-refractivity contribution in [1.82, 2.24) is 0 Å². The minimum absolute atomic E-state index is 0. The average Bonchev–Trinajstić information content (AvgIpc) is 2.54. The summed E-state index contributed by atoms with van der Waals surface area (Å²) < 4.78 is 29.1. The van der Waals surface area contributed by atoms with E-state index in [2.05, 4.69) is 0 Å². The highest BCUT2D eigenvalue weighted by atomic mass is 79.9. The maximum atomic E-state index is 12.1. The minimum Gasteiger partial charge on any atom is -0.382 e. The van der Waals surface area contributed by atoms with Crippen LogP contribution in [0.2, 0.25) is 0 Å². The van der Waals surface area contributed by atoms with Gasteiger partial charge in [0.05, 0.1) is 4.92 Å². The van der Waals surface area contributed by atoms with Crippen LogP contribution < -0.4 is 9.92 Å². The lowest BCUT2D eigenvalue weighted by Crippen LogP contribution is -2.12. The molecule has 0 fully saturated rings. The Morgan fingerprint density at radius 2 is 1.65 bits per heavy atom. The first-order chi connectivity index (χ1) is 11.7. The summed E-state index contributed by atoms with van der Waals surface area (Å²) in [6, 6.07) is 11.6. The number of non-ortho nitro benzene ring substituents is 1. The third-order valence-electron chi connectivity index (χ3n) is 3.03. The van der Waals surface area contributed by atoms with Gasteiger partial charge >= 0.3 is 10.1 Å². The summed E-state index contributed by atoms with van der Waals surface area (Å²) in [5.41, 5.74) is 6.57. The maximum Gasteiger partial charge on any atom is 0.313 e. The first kappa shape index (κ1) is 21.9. The minimum atomic E-state index is -3.89. The number of nitrogens with one attached hydrogen (secondary N) is 1. The zero-order valence-electron chi connectivity index (χ0n) is 13.3. The molecule has 2 aromatic rings. The predicted molar refractivity (Wildman–Crippen MR) is 106 cm³/mol. The third kappa shape index (κ3) is 7.02. The van der Waals surface area contributed by atoms with Crippen molar-refractivity contribution in [2.45, 2.75) is 11.5 Å². The van der Waals surface area contributed by atoms with Gasteiger partial charge in [0, 0.05) is 17.9 Å². The number of amidine groups is 1. The zero-order valence-corrected chi connectivity index (χ0v) is 16.7. The summed E-state index contributed by atoms with van der Waals surface area (Å²) >= 11 is 1.18. The smallest absolute Gasteiger partial charge is 0.313 e. The fraction of sp³-hybridized carbons (Fsp3) is 0.133. The quantitative estimate of drug-likeness (QED) is 0.212. The lowest BCUT2D eigenvalue weighted by molar-refractivity contribution is -0.384. The lowest BCUT2D eigenvalue weighted by atomic mass is 10.2. The van der Waals surface area contributed by atoms with E-state index in [-0.39, 0.29) is 39.3 Å². The Balaban J connectivity index is 0.00000338. The van der Waals surface area contributed by atoms with Crippen molar-refractivity contribution in [3.05, 3.63) is 69.8 Å². The Morgan fingerprint density at radius 3 is 2.15 bits per heavy atom. The molecule has 0 radical (unpaired) electrons. The molecule has 0 amide bonds. The highest BCUT2D eigenvalue weighted by Gasteiger charge is 2.15. The largest absolute Gasteiger partial charge is 0.382 e. The van der Waals surface area contributed by atoms with Crippen molar-refractivity contribution in [1.29, 1.82) is 5.41 Å². The standard InChI is InChI=1S/C15H15N3O5S2.BrH/c16-15(17)24-9-11-1-3-12(4-2-11)10-25(21,22)23-14-7-5-13(6-8-14)18(19)20;/h1-8H,9-10H2,(H3,16,17);1H. The van der Waals surface area contributed by atoms with Crippen molar-refractivity contribution in [3.8, 4) is 5.75 Å². The number of halogens is 1. The van der Waals surface area contributed by atoms with Crippen molar-refractivity contribution in [2.75, 3.05) is 0 Å². The number of nitro groups is 1. The van der Waals surface area contributed by atoms with Crippen molar-refractivity contribution < 1.29 is 17.5 Å². The van der Waals surface area contributed by atoms with Crippen LogP contribution in [0.3, 0.4) is 0 Å². The Morgan fingerprint density at radius 1 is 1.12 bits per heavy atom. The predicted octanol–water partition coefficient (Wildman–Crippen LogP) is 3.21. The van der Waals surface area contributed by atoms with Crippen molar-refractivity contribution >= 4 is 49.7 Å². The van der Waals surface area contributed by atoms with E-state index in [0.717, 1.165) is 5.56 Å². The molecule has 0 aliphatic carbocycles. The zero-order chi connectivity index (χ0) is 18.4. The van der Waals surface area contributed by atoms with E-state index in [0.29, 0.717) is 11.3 Å². The summed E-state index contributed by atoms with van der Waals surface area (Å²) in [6.45, 7) is 0. The van der Waals surface area contributed by atoms with Gasteiger partial charge in [0.2, 0.25) is 0 Å². The normalized spacial score (nSPS) is 10.6. The van der Waals surface area contributed by atoms with Crippen LogP contribution in [0.15, 0.2) is 48.5 Å². The molecular formula is C15H16BrN3O5S2. The highest BCUT2D eigenvalue weighted by Crippen LogP contribution is 2.20. The first-order valence-corrected chi connectivity index (χ1v) is 9.53. The first-order valence-electron chi connectivity index (χ1n) is 6.96. The number of hydrogen-bond donors (Lipinski definition) is 2. The van der Waals surface area contributed by atoms with Gasteiger partial charge in [0.25, 0.3) is 5.69 Å². The molecule has 3 N–H and O–H groups in total. The van der Waals surface area contributed by atoms with Gasteiger partial charge in [-0.05, 0) is 23.3 Å². The molecule has 0 unspecified atom stereocenters. The van der Waals surface area contributed by atoms with Crippen LogP contribution in [-0.4, -0.2) is 18.5 Å². The van der Waals surface area contributed by atoms with Gasteiger partial charge in [-0.15, -0.1) is 17.0 Å². The molecule has 2 rings (SSSR count). The third-order valence-corrected chi connectivity index (χ3v) is 4.95. The molecule has 0 aliphatic rings. The molecule has 11 heteroatoms. The molecule has 0 heterocycles. The van der Waals surface area contributed by atoms with Gasteiger partial charge in [-0.3, -0.25) is 15.5 Å². The van der Waals surface area contributed by atoms with Crippen LogP contribution in [0.5, 0.6) is 5.75 Å². The average molecular weight is 462 g/mol. The van der Waals surface area contributed by atoms with Crippen LogP contribution in [0.25, 0.3) is 0 Å². The van der Waals surface area contributed by atoms with E-state index in [1.54, 1.807) is 24.3 Å². The summed E-state index contributed by atoms with van der Waals surface area (Å²) in [4.78, 5) is 10.00. The van der Waals surface area contributed by atoms with Gasteiger partial charge < -0.3 is 9.92 Å². The molecule has 8 nitrogen and oxygen atoms in total. The second-order valence-electron chi connectivity index (χ2n) is 5.01. The molecule has 26 heavy (non-hydrogen) atoms. The topological polar surface area (TPSA) is 136 Å². The Hall–Kier alpha value is -2.11. The molecule has 0 saturated heterocycles. The van der Waals surface area contributed by atoms with Crippen molar-refractivity contribution in [2.24, 2.45) is 5.73 Å². The molecule has 0 aromatic heterocycles. The second-order valence-corrected chi connectivity index (χ2v) is 7.59. The van der Waals surface area contributed by atoms with Crippen molar-refractivity contribution in [3.63, 3.8) is 0 Å². The van der Waals surface area contributed by atoms with E-state index < -0.39 is 15.0 Å². The van der Waals surface area contributed by atoms with Gasteiger partial charge in [-0.2, -0.15) is 8.42 Å². The summed E-state index contributed by atoms with van der Waals surface area (Å²) in [5.74, 6) is 0.214. The maximum absolute atomic E-state index is 12.1. The molecule has 0 aliphatic heterocycles. The second kappa shape index (κ2) is 9.55. The van der Waals surface area contributed by atoms with E-state index in [4.69, 9.17) is 15.3 Å². The number of thioether (sulfide) groups is 1. The number of nitro benzene ring substituents is 1. The molecule has 0 bridgehead atoms. The van der Waals surface area contributed by atoms with Crippen LogP contribution in [0.1, 0.15) is 11.1 Å². The Bertz CT molecular complexity index is 871. The van der Waals surface area contributed by atoms with E-state index in [1.165, 1.54) is 36.0 Å². The molecule has 140 valence electrons. The monoisotopic (exact) mass is 461 g/mol. The summed E-state index contributed by atoms with van der Waals surface area (Å²) in [6.07, 6.45) is 0. The molecule has 0 spiro atoms. The fourth-order valence-electron chi connectivity index (χ4n) is 1.90. The molecule has 0 atom stereocenters. The van der Waals surface area contributed by atoms with Gasteiger partial charge in [-0.1, -0.05) is 36.0 Å². The van der Waals surface area contributed by atoms with E-state index in [9.17, 15) is 18.5 Å². The number of hydrogen-bond acceptors (Lipinski definition) is 7. The Kier molecular flexibility index (Phi) is 8.06. The molecule has 0 saturated carbocycles. The Labute approximate surface area is 165 Å². The number of rotatable bonds is 7. The number of benzene rings is 2. The lowest BCUT2D eigenvalue weighted by Gasteiger charge is -2.07. The SMILES string of the molecule is Br.N=C(N)SCc1ccc(CS(=O)(=O)Oc2ccc([N+](=O)[O-])cc2)cc1. The van der Waals surface area contributed by atoms with Crippen LogP contribution in [-0.2, 0) is 21.6 Å². The number of nitrogens with zero attached hydrogens (tertiary/aromatic N) is 1. The number of nitrogens with two attached hydrogens (primary N) is 1. The van der Waals surface area contributed by atoms with Crippen LogP contribution in [0, 0.1) is 15.5 Å². The van der Waals surface area contributed by atoms with Gasteiger partial charge in [-0.25, -0.2) is 0 Å².